The van der Waals surface area contributed by atoms with Crippen molar-refractivity contribution in [2.45, 2.75) is 51.8 Å². The molecular weight excluding hydrogens is 198 g/mol. The number of ether oxygens (including phenoxy) is 1. The number of benzene rings is 1. The van der Waals surface area contributed by atoms with Crippen molar-refractivity contribution in [3.63, 3.8) is 0 Å². The van der Waals surface area contributed by atoms with Crippen LogP contribution in [0.2, 0.25) is 0 Å². The van der Waals surface area contributed by atoms with Crippen molar-refractivity contribution < 1.29 is 4.74 Å². The monoisotopic (exact) mass is 219 g/mol. The van der Waals surface area contributed by atoms with Crippen molar-refractivity contribution in [2.75, 3.05) is 0 Å². The smallest absolute Gasteiger partial charge is 0.120 e. The van der Waals surface area contributed by atoms with Gasteiger partial charge >= 0.3 is 0 Å². The summed E-state index contributed by atoms with van der Waals surface area (Å²) in [5, 5.41) is 3.51. The molecular formula is C14H21NO. The van der Waals surface area contributed by atoms with E-state index in [1.165, 1.54) is 18.4 Å². The van der Waals surface area contributed by atoms with Crippen LogP contribution in [0.3, 0.4) is 0 Å². The maximum absolute atomic E-state index is 5.80. The lowest BCUT2D eigenvalue weighted by Crippen LogP contribution is -2.15. The molecule has 88 valence electrons. The van der Waals surface area contributed by atoms with Crippen LogP contribution < -0.4 is 10.1 Å². The molecule has 1 unspecified atom stereocenters. The summed E-state index contributed by atoms with van der Waals surface area (Å²) in [5.41, 5.74) is 1.31. The molecule has 1 fully saturated rings. The van der Waals surface area contributed by atoms with Crippen LogP contribution >= 0.6 is 0 Å². The van der Waals surface area contributed by atoms with Crippen LogP contribution in [0.4, 0.5) is 0 Å². The van der Waals surface area contributed by atoms with Crippen LogP contribution in [0.5, 0.6) is 5.75 Å². The zero-order valence-electron chi connectivity index (χ0n) is 10.2. The summed E-state index contributed by atoms with van der Waals surface area (Å²) in [6.07, 6.45) is 4.02. The highest BCUT2D eigenvalue weighted by molar-refractivity contribution is 5.28. The molecule has 1 aliphatic rings. The zero-order valence-corrected chi connectivity index (χ0v) is 10.2. The Morgan fingerprint density at radius 2 is 2.25 bits per heavy atom. The van der Waals surface area contributed by atoms with Crippen molar-refractivity contribution in [1.29, 1.82) is 0 Å². The zero-order chi connectivity index (χ0) is 11.4. The summed E-state index contributed by atoms with van der Waals surface area (Å²) in [6, 6.07) is 9.16. The molecule has 0 spiro atoms. The first-order valence-electron chi connectivity index (χ1n) is 6.27. The average Bonchev–Trinajstić information content (AvgIpc) is 3.10. The van der Waals surface area contributed by atoms with Gasteiger partial charge in [0.1, 0.15) is 5.75 Å². The molecule has 0 radical (unpaired) electrons. The van der Waals surface area contributed by atoms with E-state index in [0.29, 0.717) is 6.10 Å². The second kappa shape index (κ2) is 5.35. The third kappa shape index (κ3) is 3.53. The molecule has 1 N–H and O–H groups in total. The lowest BCUT2D eigenvalue weighted by molar-refractivity contribution is 0.217. The molecule has 2 heteroatoms. The number of hydrogen-bond donors (Lipinski definition) is 1. The van der Waals surface area contributed by atoms with E-state index in [-0.39, 0.29) is 0 Å². The first kappa shape index (κ1) is 11.5. The SMILES string of the molecule is CCC(C)Oc1cccc(CNC2CC2)c1. The first-order chi connectivity index (χ1) is 7.78. The summed E-state index contributed by atoms with van der Waals surface area (Å²) < 4.78 is 5.80. The van der Waals surface area contributed by atoms with E-state index in [9.17, 15) is 0 Å². The molecule has 0 aliphatic heterocycles. The maximum atomic E-state index is 5.80. The van der Waals surface area contributed by atoms with Crippen molar-refractivity contribution in [3.05, 3.63) is 29.8 Å². The Balaban J connectivity index is 1.89. The molecule has 2 nitrogen and oxygen atoms in total. The van der Waals surface area contributed by atoms with Gasteiger partial charge in [-0.05, 0) is 43.9 Å². The molecule has 0 aromatic heterocycles. The van der Waals surface area contributed by atoms with Gasteiger partial charge < -0.3 is 10.1 Å². The van der Waals surface area contributed by atoms with Crippen LogP contribution in [-0.4, -0.2) is 12.1 Å². The van der Waals surface area contributed by atoms with Gasteiger partial charge in [-0.15, -0.1) is 0 Å². The fourth-order valence-corrected chi connectivity index (χ4v) is 1.59. The van der Waals surface area contributed by atoms with Gasteiger partial charge in [-0.1, -0.05) is 19.1 Å². The molecule has 0 bridgehead atoms. The fourth-order valence-electron chi connectivity index (χ4n) is 1.59. The van der Waals surface area contributed by atoms with Crippen molar-refractivity contribution in [2.24, 2.45) is 0 Å². The quantitative estimate of drug-likeness (QED) is 0.793. The summed E-state index contributed by atoms with van der Waals surface area (Å²) >= 11 is 0. The van der Waals surface area contributed by atoms with E-state index >= 15 is 0 Å². The Bertz CT molecular complexity index is 333. The lowest BCUT2D eigenvalue weighted by atomic mass is 10.2. The molecule has 1 atom stereocenters. The summed E-state index contributed by atoms with van der Waals surface area (Å²) in [7, 11) is 0. The summed E-state index contributed by atoms with van der Waals surface area (Å²) in [6.45, 7) is 5.21. The molecule has 1 aromatic carbocycles. The number of hydrogen-bond acceptors (Lipinski definition) is 2. The Hall–Kier alpha value is -1.02. The molecule has 2 rings (SSSR count). The molecule has 16 heavy (non-hydrogen) atoms. The topological polar surface area (TPSA) is 21.3 Å². The highest BCUT2D eigenvalue weighted by Crippen LogP contribution is 2.20. The minimum absolute atomic E-state index is 0.298. The highest BCUT2D eigenvalue weighted by atomic mass is 16.5. The van der Waals surface area contributed by atoms with Gasteiger partial charge in [-0.2, -0.15) is 0 Å². The fraction of sp³-hybridized carbons (Fsp3) is 0.571. The second-order valence-corrected chi connectivity index (χ2v) is 4.64. The molecule has 1 saturated carbocycles. The molecule has 0 heterocycles. The number of nitrogens with one attached hydrogen (secondary N) is 1. The van der Waals surface area contributed by atoms with E-state index in [0.717, 1.165) is 24.8 Å². The van der Waals surface area contributed by atoms with E-state index in [1.54, 1.807) is 0 Å². The van der Waals surface area contributed by atoms with Crippen molar-refractivity contribution >= 4 is 0 Å². The van der Waals surface area contributed by atoms with Crippen molar-refractivity contribution in [1.82, 2.24) is 5.32 Å². The van der Waals surface area contributed by atoms with Gasteiger partial charge in [0.05, 0.1) is 6.10 Å². The predicted octanol–water partition coefficient (Wildman–Crippen LogP) is 3.12. The summed E-state index contributed by atoms with van der Waals surface area (Å²) in [4.78, 5) is 0. The van der Waals surface area contributed by atoms with E-state index in [4.69, 9.17) is 4.74 Å². The van der Waals surface area contributed by atoms with Crippen LogP contribution in [0.25, 0.3) is 0 Å². The van der Waals surface area contributed by atoms with E-state index in [1.807, 2.05) is 6.07 Å². The molecule has 1 aromatic rings. The standard InChI is InChI=1S/C14H21NO/c1-3-11(2)16-14-6-4-5-12(9-14)10-15-13-7-8-13/h4-6,9,11,13,15H,3,7-8,10H2,1-2H3. The average molecular weight is 219 g/mol. The van der Waals surface area contributed by atoms with Gasteiger partial charge in [0.25, 0.3) is 0 Å². The minimum Gasteiger partial charge on any atom is -0.491 e. The van der Waals surface area contributed by atoms with Crippen LogP contribution in [0, 0.1) is 0 Å². The third-order valence-corrected chi connectivity index (χ3v) is 2.98. The Kier molecular flexibility index (Phi) is 3.83. The largest absolute Gasteiger partial charge is 0.491 e. The van der Waals surface area contributed by atoms with E-state index in [2.05, 4.69) is 37.4 Å². The third-order valence-electron chi connectivity index (χ3n) is 2.98. The molecule has 0 saturated heterocycles. The molecule has 0 amide bonds. The van der Waals surface area contributed by atoms with Gasteiger partial charge in [0.2, 0.25) is 0 Å². The molecule has 1 aliphatic carbocycles. The first-order valence-corrected chi connectivity index (χ1v) is 6.27. The van der Waals surface area contributed by atoms with Gasteiger partial charge in [0, 0.05) is 12.6 Å². The number of rotatable bonds is 6. The normalized spacial score (nSPS) is 17.1. The van der Waals surface area contributed by atoms with E-state index < -0.39 is 0 Å². The Labute approximate surface area is 98.0 Å². The maximum Gasteiger partial charge on any atom is 0.120 e. The second-order valence-electron chi connectivity index (χ2n) is 4.64. The van der Waals surface area contributed by atoms with Crippen LogP contribution in [-0.2, 0) is 6.54 Å². The Morgan fingerprint density at radius 3 is 2.94 bits per heavy atom. The Morgan fingerprint density at radius 1 is 1.44 bits per heavy atom. The van der Waals surface area contributed by atoms with Gasteiger partial charge in [0.15, 0.2) is 0 Å². The van der Waals surface area contributed by atoms with Crippen molar-refractivity contribution in [3.8, 4) is 5.75 Å². The van der Waals surface area contributed by atoms with Crippen LogP contribution in [0.1, 0.15) is 38.7 Å². The minimum atomic E-state index is 0.298. The van der Waals surface area contributed by atoms with Gasteiger partial charge in [-0.25, -0.2) is 0 Å². The van der Waals surface area contributed by atoms with Gasteiger partial charge in [-0.3, -0.25) is 0 Å². The summed E-state index contributed by atoms with van der Waals surface area (Å²) in [5.74, 6) is 0.990. The predicted molar refractivity (Wildman–Crippen MR) is 66.7 cm³/mol. The van der Waals surface area contributed by atoms with Crippen LogP contribution in [0.15, 0.2) is 24.3 Å². The highest BCUT2D eigenvalue weighted by Gasteiger charge is 2.19. The lowest BCUT2D eigenvalue weighted by Gasteiger charge is -2.13.